The van der Waals surface area contributed by atoms with Gasteiger partial charge < -0.3 is 0 Å². The number of nitrogens with zero attached hydrogens (tertiary/aromatic N) is 2. The Hall–Kier alpha value is -1.20. The molecule has 0 amide bonds. The molecule has 2 aliphatic rings. The lowest BCUT2D eigenvalue weighted by Gasteiger charge is -2.29. The van der Waals surface area contributed by atoms with E-state index in [1.807, 2.05) is 18.2 Å². The summed E-state index contributed by atoms with van der Waals surface area (Å²) in [4.78, 5) is 6.65. The molecule has 108 valence electrons. The van der Waals surface area contributed by atoms with Gasteiger partial charge in [-0.15, -0.1) is 0 Å². The molecule has 0 saturated carbocycles. The average molecular weight is 292 g/mol. The lowest BCUT2D eigenvalue weighted by atomic mass is 10.1. The van der Waals surface area contributed by atoms with Gasteiger partial charge in [0.2, 0.25) is 0 Å². The first kappa shape index (κ1) is 13.8. The standard InChI is InChI=1S/C15H20N2O2S/c18-20(19)10-4-6-14(20)12-17-9-3-5-13(11-17)15-7-1-2-8-16-15/h1-2,5,7-8,14H,3-4,6,9-12H2. The molecule has 1 atom stereocenters. The molecule has 5 heteroatoms. The van der Waals surface area contributed by atoms with E-state index in [4.69, 9.17) is 0 Å². The zero-order chi connectivity index (χ0) is 14.0. The molecule has 0 aromatic carbocycles. The molecule has 0 radical (unpaired) electrons. The van der Waals surface area contributed by atoms with Gasteiger partial charge in [0.1, 0.15) is 0 Å². The normalized spacial score (nSPS) is 26.4. The fourth-order valence-electron chi connectivity index (χ4n) is 3.05. The molecule has 0 N–H and O–H groups in total. The Labute approximate surface area is 120 Å². The Kier molecular flexibility index (Phi) is 3.89. The Morgan fingerprint density at radius 2 is 2.25 bits per heavy atom. The van der Waals surface area contributed by atoms with Crippen LogP contribution in [0.15, 0.2) is 30.5 Å². The van der Waals surface area contributed by atoms with E-state index in [0.29, 0.717) is 12.3 Å². The number of sulfone groups is 1. The van der Waals surface area contributed by atoms with Gasteiger partial charge in [0.05, 0.1) is 16.7 Å². The minimum atomic E-state index is -2.85. The summed E-state index contributed by atoms with van der Waals surface area (Å²) >= 11 is 0. The van der Waals surface area contributed by atoms with E-state index in [2.05, 4.69) is 16.0 Å². The van der Waals surface area contributed by atoms with Crippen molar-refractivity contribution in [2.75, 3.05) is 25.4 Å². The van der Waals surface area contributed by atoms with Crippen LogP contribution in [0.2, 0.25) is 0 Å². The molecule has 4 nitrogen and oxygen atoms in total. The minimum absolute atomic E-state index is 0.161. The van der Waals surface area contributed by atoms with Gasteiger partial charge in [0, 0.05) is 25.8 Å². The van der Waals surface area contributed by atoms with E-state index in [0.717, 1.165) is 38.0 Å². The maximum absolute atomic E-state index is 11.9. The first-order valence-corrected chi connectivity index (χ1v) is 8.91. The number of aromatic nitrogens is 1. The second-order valence-corrected chi connectivity index (χ2v) is 8.00. The summed E-state index contributed by atoms with van der Waals surface area (Å²) in [5, 5.41) is -0.161. The predicted molar refractivity (Wildman–Crippen MR) is 80.1 cm³/mol. The fraction of sp³-hybridized carbons (Fsp3) is 0.533. The first-order chi connectivity index (χ1) is 9.65. The highest BCUT2D eigenvalue weighted by atomic mass is 32.2. The Balaban J connectivity index is 1.68. The van der Waals surface area contributed by atoms with Gasteiger partial charge in [0.15, 0.2) is 9.84 Å². The summed E-state index contributed by atoms with van der Waals surface area (Å²) in [7, 11) is -2.85. The highest BCUT2D eigenvalue weighted by Crippen LogP contribution is 2.24. The van der Waals surface area contributed by atoms with Crippen molar-refractivity contribution in [3.63, 3.8) is 0 Å². The van der Waals surface area contributed by atoms with Crippen LogP contribution in [0.25, 0.3) is 5.57 Å². The summed E-state index contributed by atoms with van der Waals surface area (Å²) in [6.45, 7) is 2.43. The zero-order valence-corrected chi connectivity index (χ0v) is 12.3. The van der Waals surface area contributed by atoms with Crippen molar-refractivity contribution in [3.05, 3.63) is 36.2 Å². The second-order valence-electron chi connectivity index (χ2n) is 5.60. The molecular formula is C15H20N2O2S. The molecule has 1 aromatic heterocycles. The maximum Gasteiger partial charge on any atom is 0.154 e. The highest BCUT2D eigenvalue weighted by molar-refractivity contribution is 7.92. The molecule has 3 rings (SSSR count). The van der Waals surface area contributed by atoms with Gasteiger partial charge >= 0.3 is 0 Å². The van der Waals surface area contributed by atoms with E-state index in [-0.39, 0.29) is 5.25 Å². The molecule has 0 aliphatic carbocycles. The Morgan fingerprint density at radius 1 is 1.35 bits per heavy atom. The van der Waals surface area contributed by atoms with Crippen molar-refractivity contribution in [1.82, 2.24) is 9.88 Å². The Morgan fingerprint density at radius 3 is 2.95 bits per heavy atom. The van der Waals surface area contributed by atoms with Gasteiger partial charge in [0.25, 0.3) is 0 Å². The van der Waals surface area contributed by atoms with E-state index < -0.39 is 9.84 Å². The Bertz CT molecular complexity index is 596. The predicted octanol–water partition coefficient (Wildman–Crippen LogP) is 1.75. The van der Waals surface area contributed by atoms with Gasteiger partial charge in [-0.2, -0.15) is 0 Å². The molecule has 20 heavy (non-hydrogen) atoms. The van der Waals surface area contributed by atoms with Crippen molar-refractivity contribution in [1.29, 1.82) is 0 Å². The van der Waals surface area contributed by atoms with Gasteiger partial charge in [-0.25, -0.2) is 8.42 Å². The smallest absolute Gasteiger partial charge is 0.154 e. The van der Waals surface area contributed by atoms with Crippen LogP contribution in [0.4, 0.5) is 0 Å². The third-order valence-electron chi connectivity index (χ3n) is 4.15. The molecule has 1 unspecified atom stereocenters. The molecule has 1 saturated heterocycles. The number of pyridine rings is 1. The fourth-order valence-corrected chi connectivity index (χ4v) is 4.92. The largest absolute Gasteiger partial charge is 0.297 e. The zero-order valence-electron chi connectivity index (χ0n) is 11.5. The average Bonchev–Trinajstić information content (AvgIpc) is 2.79. The van der Waals surface area contributed by atoms with Crippen LogP contribution in [-0.2, 0) is 9.84 Å². The SMILES string of the molecule is O=S1(=O)CCCC1CN1CCC=C(c2ccccn2)C1. The minimum Gasteiger partial charge on any atom is -0.297 e. The molecule has 0 bridgehead atoms. The van der Waals surface area contributed by atoms with Crippen LogP contribution in [0.5, 0.6) is 0 Å². The summed E-state index contributed by atoms with van der Waals surface area (Å²) in [6, 6.07) is 5.92. The van der Waals surface area contributed by atoms with Crippen molar-refractivity contribution in [3.8, 4) is 0 Å². The third kappa shape index (κ3) is 2.94. The number of hydrogen-bond acceptors (Lipinski definition) is 4. The van der Waals surface area contributed by atoms with E-state index in [9.17, 15) is 8.42 Å². The lowest BCUT2D eigenvalue weighted by molar-refractivity contribution is 0.300. The lowest BCUT2D eigenvalue weighted by Crippen LogP contribution is -2.38. The van der Waals surface area contributed by atoms with Crippen LogP contribution in [0.3, 0.4) is 0 Å². The maximum atomic E-state index is 11.9. The summed E-state index contributed by atoms with van der Waals surface area (Å²) in [6.07, 6.45) is 6.64. The van der Waals surface area contributed by atoms with Crippen molar-refractivity contribution >= 4 is 15.4 Å². The molecular weight excluding hydrogens is 272 g/mol. The summed E-state index contributed by atoms with van der Waals surface area (Å²) < 4.78 is 23.9. The van der Waals surface area contributed by atoms with E-state index in [1.165, 1.54) is 5.57 Å². The summed E-state index contributed by atoms with van der Waals surface area (Å²) in [5.74, 6) is 0.369. The van der Waals surface area contributed by atoms with Crippen LogP contribution in [0.1, 0.15) is 25.0 Å². The number of hydrogen-bond donors (Lipinski definition) is 0. The van der Waals surface area contributed by atoms with E-state index in [1.54, 1.807) is 6.20 Å². The third-order valence-corrected chi connectivity index (χ3v) is 6.41. The highest BCUT2D eigenvalue weighted by Gasteiger charge is 2.33. The summed E-state index contributed by atoms with van der Waals surface area (Å²) in [5.41, 5.74) is 2.22. The number of rotatable bonds is 3. The van der Waals surface area contributed by atoms with Crippen LogP contribution in [0, 0.1) is 0 Å². The quantitative estimate of drug-likeness (QED) is 0.851. The topological polar surface area (TPSA) is 50.3 Å². The van der Waals surface area contributed by atoms with Gasteiger partial charge in [-0.1, -0.05) is 12.1 Å². The van der Waals surface area contributed by atoms with Crippen molar-refractivity contribution in [2.24, 2.45) is 0 Å². The van der Waals surface area contributed by atoms with Gasteiger partial charge in [-0.3, -0.25) is 9.88 Å². The molecule has 2 aliphatic heterocycles. The van der Waals surface area contributed by atoms with Crippen LogP contribution in [-0.4, -0.2) is 48.9 Å². The van der Waals surface area contributed by atoms with Gasteiger partial charge in [-0.05, 0) is 37.0 Å². The van der Waals surface area contributed by atoms with E-state index >= 15 is 0 Å². The first-order valence-electron chi connectivity index (χ1n) is 7.19. The van der Waals surface area contributed by atoms with Crippen LogP contribution >= 0.6 is 0 Å². The molecule has 1 fully saturated rings. The van der Waals surface area contributed by atoms with Crippen molar-refractivity contribution in [2.45, 2.75) is 24.5 Å². The molecule has 1 aromatic rings. The van der Waals surface area contributed by atoms with Crippen LogP contribution < -0.4 is 0 Å². The monoisotopic (exact) mass is 292 g/mol. The molecule has 3 heterocycles. The second kappa shape index (κ2) is 5.66. The van der Waals surface area contributed by atoms with Crippen molar-refractivity contribution < 1.29 is 8.42 Å². The molecule has 0 spiro atoms.